The highest BCUT2D eigenvalue weighted by molar-refractivity contribution is 14.1. The maximum absolute atomic E-state index is 6.11. The first-order chi connectivity index (χ1) is 8.65. The Hall–Kier alpha value is -0.820. The Kier molecular flexibility index (Phi) is 3.19. The number of hydrogen-bond donors (Lipinski definition) is 1. The highest BCUT2D eigenvalue weighted by atomic mass is 127. The topological polar surface area (TPSA) is 47.1 Å². The molecule has 0 bridgehead atoms. The van der Waals surface area contributed by atoms with Crippen molar-refractivity contribution in [2.45, 2.75) is 18.9 Å². The lowest BCUT2D eigenvalue weighted by atomic mass is 10.1. The largest absolute Gasteiger partial charge is 0.369 e. The lowest BCUT2D eigenvalue weighted by Crippen LogP contribution is -2.33. The average molecular weight is 356 g/mol. The maximum Gasteiger partial charge on any atom is 0.201 e. The number of hydrogen-bond acceptors (Lipinski definition) is 3. The van der Waals surface area contributed by atoms with Crippen LogP contribution in [0.25, 0.3) is 11.0 Å². The van der Waals surface area contributed by atoms with Crippen LogP contribution in [0.3, 0.4) is 0 Å². The van der Waals surface area contributed by atoms with Crippen LogP contribution in [0, 0.1) is 3.57 Å². The smallest absolute Gasteiger partial charge is 0.201 e. The summed E-state index contributed by atoms with van der Waals surface area (Å²) in [5.74, 6) is 0.646. The fraction of sp³-hybridized carbons (Fsp3) is 0.462. The number of halogens is 1. The second-order valence-corrected chi connectivity index (χ2v) is 6.28. The third kappa shape index (κ3) is 2.09. The number of anilines is 1. The maximum atomic E-state index is 6.11. The number of likely N-dealkylation sites (N-methyl/N-ethyl adjacent to an activating group) is 1. The Morgan fingerprint density at radius 2 is 2.28 bits per heavy atom. The van der Waals surface area contributed by atoms with Gasteiger partial charge in [0, 0.05) is 16.2 Å². The summed E-state index contributed by atoms with van der Waals surface area (Å²) in [6, 6.07) is 6.80. The van der Waals surface area contributed by atoms with Gasteiger partial charge >= 0.3 is 0 Å². The molecule has 96 valence electrons. The number of benzene rings is 1. The van der Waals surface area contributed by atoms with Crippen molar-refractivity contribution in [1.82, 2.24) is 14.5 Å². The molecule has 0 aliphatic carbocycles. The van der Waals surface area contributed by atoms with Gasteiger partial charge in [0.1, 0.15) is 0 Å². The van der Waals surface area contributed by atoms with E-state index in [0.717, 1.165) is 17.6 Å². The molecule has 1 aromatic heterocycles. The predicted octanol–water partition coefficient (Wildman–Crippen LogP) is 2.49. The second-order valence-electron chi connectivity index (χ2n) is 5.03. The molecule has 18 heavy (non-hydrogen) atoms. The van der Waals surface area contributed by atoms with E-state index in [1.807, 2.05) is 0 Å². The Morgan fingerprint density at radius 1 is 1.44 bits per heavy atom. The van der Waals surface area contributed by atoms with Crippen LogP contribution in [0.1, 0.15) is 18.9 Å². The molecule has 1 unspecified atom stereocenters. The van der Waals surface area contributed by atoms with E-state index in [-0.39, 0.29) is 0 Å². The fourth-order valence-electron chi connectivity index (χ4n) is 2.82. The van der Waals surface area contributed by atoms with Crippen molar-refractivity contribution in [3.05, 3.63) is 21.8 Å². The van der Waals surface area contributed by atoms with E-state index in [2.05, 4.69) is 62.3 Å². The Morgan fingerprint density at radius 3 is 3.06 bits per heavy atom. The number of likely N-dealkylation sites (tertiary alicyclic amines) is 1. The van der Waals surface area contributed by atoms with E-state index in [1.54, 1.807) is 0 Å². The minimum absolute atomic E-state index is 0.453. The minimum atomic E-state index is 0.453. The first-order valence-electron chi connectivity index (χ1n) is 6.26. The molecular formula is C13H17IN4. The van der Waals surface area contributed by atoms with Crippen molar-refractivity contribution in [2.75, 3.05) is 25.9 Å². The van der Waals surface area contributed by atoms with E-state index in [9.17, 15) is 0 Å². The molecule has 5 heteroatoms. The van der Waals surface area contributed by atoms with Crippen LogP contribution < -0.4 is 5.73 Å². The van der Waals surface area contributed by atoms with Gasteiger partial charge in [-0.05, 0) is 67.2 Å². The Labute approximate surface area is 120 Å². The monoisotopic (exact) mass is 356 g/mol. The summed E-state index contributed by atoms with van der Waals surface area (Å²) in [4.78, 5) is 6.86. The molecule has 3 rings (SSSR count). The number of imidazole rings is 1. The average Bonchev–Trinajstić information content (AvgIpc) is 2.64. The van der Waals surface area contributed by atoms with Crippen molar-refractivity contribution in [1.29, 1.82) is 0 Å². The van der Waals surface area contributed by atoms with Gasteiger partial charge in [-0.25, -0.2) is 4.98 Å². The number of nitrogens with zero attached hydrogens (tertiary/aromatic N) is 3. The first kappa shape index (κ1) is 12.2. The summed E-state index contributed by atoms with van der Waals surface area (Å²) in [6.45, 7) is 2.24. The highest BCUT2D eigenvalue weighted by Crippen LogP contribution is 2.29. The molecule has 0 amide bonds. The summed E-state index contributed by atoms with van der Waals surface area (Å²) in [7, 11) is 2.17. The van der Waals surface area contributed by atoms with E-state index in [4.69, 9.17) is 5.73 Å². The molecule has 0 spiro atoms. The zero-order chi connectivity index (χ0) is 12.7. The third-order valence-corrected chi connectivity index (χ3v) is 4.31. The molecular weight excluding hydrogens is 339 g/mol. The minimum Gasteiger partial charge on any atom is -0.369 e. The molecule has 2 N–H and O–H groups in total. The first-order valence-corrected chi connectivity index (χ1v) is 7.34. The van der Waals surface area contributed by atoms with E-state index >= 15 is 0 Å². The summed E-state index contributed by atoms with van der Waals surface area (Å²) < 4.78 is 3.41. The van der Waals surface area contributed by atoms with E-state index in [0.29, 0.717) is 12.0 Å². The van der Waals surface area contributed by atoms with Gasteiger partial charge in [0.2, 0.25) is 5.95 Å². The van der Waals surface area contributed by atoms with Gasteiger partial charge in [0.15, 0.2) is 0 Å². The Bertz CT molecular complexity index is 578. The number of nitrogen functional groups attached to an aromatic ring is 1. The third-order valence-electron chi connectivity index (χ3n) is 3.64. The molecule has 1 saturated heterocycles. The molecule has 1 aliphatic heterocycles. The summed E-state index contributed by atoms with van der Waals surface area (Å²) in [6.07, 6.45) is 2.41. The van der Waals surface area contributed by atoms with Gasteiger partial charge in [-0.3, -0.25) is 0 Å². The van der Waals surface area contributed by atoms with E-state index < -0.39 is 0 Å². The molecule has 1 atom stereocenters. The number of fused-ring (bicyclic) bond motifs is 1. The van der Waals surface area contributed by atoms with Crippen LogP contribution in [-0.4, -0.2) is 34.6 Å². The Balaban J connectivity index is 2.07. The standard InChI is InChI=1S/C13H17IN4/c1-17-6-2-3-10(8-17)18-12-5-4-9(14)7-11(12)16-13(18)15/h4-5,7,10H,2-3,6,8H2,1H3,(H2,15,16). The number of piperidine rings is 1. The van der Waals surface area contributed by atoms with E-state index in [1.165, 1.54) is 23.0 Å². The van der Waals surface area contributed by atoms with Gasteiger partial charge in [-0.1, -0.05) is 0 Å². The van der Waals surface area contributed by atoms with Crippen LogP contribution in [0.5, 0.6) is 0 Å². The highest BCUT2D eigenvalue weighted by Gasteiger charge is 2.22. The van der Waals surface area contributed by atoms with Crippen molar-refractivity contribution in [2.24, 2.45) is 0 Å². The molecule has 2 heterocycles. The lowest BCUT2D eigenvalue weighted by molar-refractivity contribution is 0.216. The normalized spacial score (nSPS) is 21.6. The SMILES string of the molecule is CN1CCCC(n2c(N)nc3cc(I)ccc32)C1. The zero-order valence-corrected chi connectivity index (χ0v) is 12.6. The van der Waals surface area contributed by atoms with Crippen molar-refractivity contribution in [3.63, 3.8) is 0 Å². The van der Waals surface area contributed by atoms with Crippen LogP contribution in [-0.2, 0) is 0 Å². The van der Waals surface area contributed by atoms with Gasteiger partial charge < -0.3 is 15.2 Å². The molecule has 1 aliphatic rings. The fourth-order valence-corrected chi connectivity index (χ4v) is 3.30. The predicted molar refractivity (Wildman–Crippen MR) is 82.6 cm³/mol. The van der Waals surface area contributed by atoms with Crippen molar-refractivity contribution >= 4 is 39.6 Å². The summed E-state index contributed by atoms with van der Waals surface area (Å²) in [5.41, 5.74) is 8.28. The molecule has 1 aromatic carbocycles. The number of nitrogens with two attached hydrogens (primary N) is 1. The molecule has 4 nitrogen and oxygen atoms in total. The molecule has 0 radical (unpaired) electrons. The van der Waals surface area contributed by atoms with Crippen LogP contribution in [0.2, 0.25) is 0 Å². The van der Waals surface area contributed by atoms with Gasteiger partial charge in [-0.15, -0.1) is 0 Å². The second kappa shape index (κ2) is 4.70. The summed E-state index contributed by atoms with van der Waals surface area (Å²) in [5, 5.41) is 0. The van der Waals surface area contributed by atoms with Crippen LogP contribution in [0.4, 0.5) is 5.95 Å². The molecule has 0 saturated carbocycles. The van der Waals surface area contributed by atoms with Crippen molar-refractivity contribution in [3.8, 4) is 0 Å². The van der Waals surface area contributed by atoms with Crippen LogP contribution in [0.15, 0.2) is 18.2 Å². The van der Waals surface area contributed by atoms with Gasteiger partial charge in [0.05, 0.1) is 11.0 Å². The summed E-state index contributed by atoms with van der Waals surface area (Å²) >= 11 is 2.31. The number of aromatic nitrogens is 2. The number of rotatable bonds is 1. The quantitative estimate of drug-likeness (QED) is 0.799. The molecule has 1 fully saturated rings. The van der Waals surface area contributed by atoms with Gasteiger partial charge in [0.25, 0.3) is 0 Å². The van der Waals surface area contributed by atoms with Gasteiger partial charge in [-0.2, -0.15) is 0 Å². The lowest BCUT2D eigenvalue weighted by Gasteiger charge is -2.31. The molecule has 2 aromatic rings. The van der Waals surface area contributed by atoms with Crippen molar-refractivity contribution < 1.29 is 0 Å². The zero-order valence-electron chi connectivity index (χ0n) is 10.4. The van der Waals surface area contributed by atoms with Crippen LogP contribution >= 0.6 is 22.6 Å².